The van der Waals surface area contributed by atoms with Gasteiger partial charge >= 0.3 is 5.97 Å². The van der Waals surface area contributed by atoms with Gasteiger partial charge in [-0.1, -0.05) is 12.2 Å². The zero-order valence-corrected chi connectivity index (χ0v) is 12.3. The van der Waals surface area contributed by atoms with E-state index >= 15 is 0 Å². The molecule has 0 saturated carbocycles. The Hall–Kier alpha value is -1.21. The van der Waals surface area contributed by atoms with Crippen molar-refractivity contribution in [2.45, 2.75) is 37.6 Å². The van der Waals surface area contributed by atoms with Crippen molar-refractivity contribution in [1.29, 1.82) is 0 Å². The average Bonchev–Trinajstić information content (AvgIpc) is 2.47. The predicted molar refractivity (Wildman–Crippen MR) is 69.8 cm³/mol. The summed E-state index contributed by atoms with van der Waals surface area (Å²) in [5.41, 5.74) is 0.390. The molecule has 0 aromatic carbocycles. The molecule has 1 aliphatic carbocycles. The predicted octanol–water partition coefficient (Wildman–Crippen LogP) is 1.16. The molecule has 0 radical (unpaired) electrons. The Balaban J connectivity index is 2.35. The third kappa shape index (κ3) is 2.18. The number of hydrogen-bond donors (Lipinski definition) is 0. The monoisotopic (exact) mass is 284 g/mol. The maximum atomic E-state index is 11.8. The van der Waals surface area contributed by atoms with Crippen molar-refractivity contribution >= 4 is 5.97 Å². The van der Waals surface area contributed by atoms with Gasteiger partial charge in [-0.05, 0) is 19.9 Å². The Morgan fingerprint density at radius 3 is 2.30 bits per heavy atom. The van der Waals surface area contributed by atoms with Gasteiger partial charge in [0.25, 0.3) is 0 Å². The topological polar surface area (TPSA) is 63.2 Å². The minimum absolute atomic E-state index is 0.390. The summed E-state index contributed by atoms with van der Waals surface area (Å²) < 4.78 is 27.5. The molecule has 0 N–H and O–H groups in total. The number of rotatable bonds is 3. The van der Waals surface area contributed by atoms with Crippen LogP contribution in [0.2, 0.25) is 0 Å². The molecule has 1 heterocycles. The van der Waals surface area contributed by atoms with Crippen molar-refractivity contribution < 1.29 is 28.5 Å². The van der Waals surface area contributed by atoms with E-state index in [1.165, 1.54) is 21.3 Å². The van der Waals surface area contributed by atoms with Crippen LogP contribution >= 0.6 is 0 Å². The molecule has 4 atom stereocenters. The van der Waals surface area contributed by atoms with Gasteiger partial charge in [-0.3, -0.25) is 0 Å². The van der Waals surface area contributed by atoms with Crippen LogP contribution in [0.25, 0.3) is 0 Å². The number of fused-ring (bicyclic) bond motifs is 1. The lowest BCUT2D eigenvalue weighted by molar-refractivity contribution is -0.438. The Bertz CT molecular complexity index is 457. The zero-order valence-electron chi connectivity index (χ0n) is 12.3. The summed E-state index contributed by atoms with van der Waals surface area (Å²) in [4.78, 5) is 11.8. The lowest BCUT2D eigenvalue weighted by Gasteiger charge is -2.52. The van der Waals surface area contributed by atoms with Crippen LogP contribution in [-0.2, 0) is 28.5 Å². The summed E-state index contributed by atoms with van der Waals surface area (Å²) in [5.74, 6) is -2.69. The summed E-state index contributed by atoms with van der Waals surface area (Å²) >= 11 is 0. The molecule has 20 heavy (non-hydrogen) atoms. The van der Waals surface area contributed by atoms with Crippen LogP contribution in [0.1, 0.15) is 13.8 Å². The summed E-state index contributed by atoms with van der Waals surface area (Å²) in [6, 6.07) is 0. The molecule has 6 nitrogen and oxygen atoms in total. The molecule has 0 unspecified atom stereocenters. The van der Waals surface area contributed by atoms with Gasteiger partial charge in [0, 0.05) is 14.2 Å². The van der Waals surface area contributed by atoms with E-state index in [1.54, 1.807) is 26.0 Å². The summed E-state index contributed by atoms with van der Waals surface area (Å²) in [6.07, 6.45) is 4.16. The van der Waals surface area contributed by atoms with Crippen LogP contribution in [0.5, 0.6) is 0 Å². The summed E-state index contributed by atoms with van der Waals surface area (Å²) in [5, 5.41) is 0. The smallest absolute Gasteiger partial charge is 0.336 e. The maximum Gasteiger partial charge on any atom is 0.336 e. The number of esters is 1. The molecule has 0 spiro atoms. The SMILES string of the molecule is COC(=O)C1=CC=C[C@@H]2O[C@@](C)(OC)[C@](C)(OC)O[C@@H]12. The standard InChI is InChI=1S/C14H20O6/c1-13(17-4)14(2,18-5)20-11-9(12(15)16-3)7-6-8-10(11)19-13/h6-8,10-11H,1-5H3/t10-,11-,13+,14+/m0/s1. The second-order valence-electron chi connectivity index (χ2n) is 4.92. The van der Waals surface area contributed by atoms with Gasteiger partial charge in [-0.2, -0.15) is 0 Å². The fourth-order valence-electron chi connectivity index (χ4n) is 2.36. The first-order valence-electron chi connectivity index (χ1n) is 6.33. The van der Waals surface area contributed by atoms with Gasteiger partial charge in [0.15, 0.2) is 0 Å². The molecule has 2 aliphatic rings. The maximum absolute atomic E-state index is 11.8. The van der Waals surface area contributed by atoms with Crippen LogP contribution in [-0.4, -0.2) is 51.1 Å². The van der Waals surface area contributed by atoms with E-state index in [9.17, 15) is 4.79 Å². The van der Waals surface area contributed by atoms with Crippen molar-refractivity contribution in [2.75, 3.05) is 21.3 Å². The van der Waals surface area contributed by atoms with Crippen LogP contribution in [0, 0.1) is 0 Å². The van der Waals surface area contributed by atoms with Crippen LogP contribution in [0.15, 0.2) is 23.8 Å². The molecule has 112 valence electrons. The molecular weight excluding hydrogens is 264 g/mol. The second kappa shape index (κ2) is 5.29. The highest BCUT2D eigenvalue weighted by atomic mass is 16.8. The Morgan fingerprint density at radius 2 is 1.75 bits per heavy atom. The largest absolute Gasteiger partial charge is 0.466 e. The molecular formula is C14H20O6. The molecule has 1 fully saturated rings. The van der Waals surface area contributed by atoms with E-state index in [0.717, 1.165) is 0 Å². The minimum atomic E-state index is -1.15. The van der Waals surface area contributed by atoms with E-state index in [-0.39, 0.29) is 0 Å². The minimum Gasteiger partial charge on any atom is -0.466 e. The average molecular weight is 284 g/mol. The molecule has 1 saturated heterocycles. The van der Waals surface area contributed by atoms with Gasteiger partial charge in [0.05, 0.1) is 12.7 Å². The second-order valence-corrected chi connectivity index (χ2v) is 4.92. The lowest BCUT2D eigenvalue weighted by atomic mass is 9.94. The molecule has 0 aromatic heterocycles. The Kier molecular flexibility index (Phi) is 4.02. The number of allylic oxidation sites excluding steroid dienone is 2. The number of carbonyl (C=O) groups is 1. The van der Waals surface area contributed by atoms with Crippen LogP contribution in [0.3, 0.4) is 0 Å². The molecule has 2 rings (SSSR count). The number of methoxy groups -OCH3 is 3. The molecule has 0 aromatic rings. The van der Waals surface area contributed by atoms with Gasteiger partial charge < -0.3 is 23.7 Å². The normalized spacial score (nSPS) is 40.0. The van der Waals surface area contributed by atoms with E-state index in [0.29, 0.717) is 5.57 Å². The Morgan fingerprint density at radius 1 is 1.15 bits per heavy atom. The van der Waals surface area contributed by atoms with E-state index in [4.69, 9.17) is 23.7 Å². The lowest BCUT2D eigenvalue weighted by Crippen LogP contribution is -2.65. The molecule has 0 bridgehead atoms. The zero-order chi connectivity index (χ0) is 15.0. The number of hydrogen-bond acceptors (Lipinski definition) is 6. The first kappa shape index (κ1) is 15.2. The van der Waals surface area contributed by atoms with Crippen molar-refractivity contribution in [3.05, 3.63) is 23.8 Å². The third-order valence-corrected chi connectivity index (χ3v) is 3.92. The number of ether oxygens (including phenoxy) is 5. The van der Waals surface area contributed by atoms with Gasteiger partial charge in [-0.25, -0.2) is 4.79 Å². The van der Waals surface area contributed by atoms with Gasteiger partial charge in [0.2, 0.25) is 11.6 Å². The van der Waals surface area contributed by atoms with E-state index in [2.05, 4.69) is 0 Å². The molecule has 6 heteroatoms. The molecule has 0 amide bonds. The molecule has 1 aliphatic heterocycles. The summed E-state index contributed by atoms with van der Waals surface area (Å²) in [7, 11) is 4.35. The quantitative estimate of drug-likeness (QED) is 0.725. The highest BCUT2D eigenvalue weighted by molar-refractivity contribution is 5.90. The Labute approximate surface area is 118 Å². The van der Waals surface area contributed by atoms with Crippen LogP contribution < -0.4 is 0 Å². The van der Waals surface area contributed by atoms with Crippen molar-refractivity contribution in [1.82, 2.24) is 0 Å². The third-order valence-electron chi connectivity index (χ3n) is 3.92. The highest BCUT2D eigenvalue weighted by Crippen LogP contribution is 2.42. The first-order chi connectivity index (χ1) is 9.40. The van der Waals surface area contributed by atoms with Crippen molar-refractivity contribution in [3.63, 3.8) is 0 Å². The fourth-order valence-corrected chi connectivity index (χ4v) is 2.36. The van der Waals surface area contributed by atoms with Crippen molar-refractivity contribution in [3.8, 4) is 0 Å². The van der Waals surface area contributed by atoms with Crippen LogP contribution in [0.4, 0.5) is 0 Å². The number of carbonyl (C=O) groups excluding carboxylic acids is 1. The van der Waals surface area contributed by atoms with Crippen molar-refractivity contribution in [2.24, 2.45) is 0 Å². The van der Waals surface area contributed by atoms with Gasteiger partial charge in [-0.15, -0.1) is 0 Å². The summed E-state index contributed by atoms with van der Waals surface area (Å²) in [6.45, 7) is 3.44. The first-order valence-corrected chi connectivity index (χ1v) is 6.33. The fraction of sp³-hybridized carbons (Fsp3) is 0.643. The highest BCUT2D eigenvalue weighted by Gasteiger charge is 2.57. The van der Waals surface area contributed by atoms with E-state index < -0.39 is 29.8 Å². The van der Waals surface area contributed by atoms with E-state index in [1.807, 2.05) is 6.08 Å². The van der Waals surface area contributed by atoms with Gasteiger partial charge in [0.1, 0.15) is 12.2 Å².